The summed E-state index contributed by atoms with van der Waals surface area (Å²) in [5, 5.41) is 13.8. The molecule has 0 aliphatic heterocycles. The van der Waals surface area contributed by atoms with Gasteiger partial charge in [0.25, 0.3) is 0 Å². The van der Waals surface area contributed by atoms with Crippen LogP contribution in [0.25, 0.3) is 16.5 Å². The van der Waals surface area contributed by atoms with Crippen LogP contribution in [0.4, 0.5) is 4.39 Å². The first kappa shape index (κ1) is 11.7. The van der Waals surface area contributed by atoms with Crippen LogP contribution in [-0.2, 0) is 0 Å². The van der Waals surface area contributed by atoms with Gasteiger partial charge < -0.3 is 10.4 Å². The molecular formula is C12H10ClFN2O. The Labute approximate surface area is 103 Å². The van der Waals surface area contributed by atoms with Crippen LogP contribution in [0.15, 0.2) is 30.8 Å². The van der Waals surface area contributed by atoms with Crippen LogP contribution < -0.4 is 5.32 Å². The molecule has 1 heterocycles. The zero-order valence-corrected chi connectivity index (χ0v) is 9.63. The Hall–Kier alpha value is -1.81. The second-order valence-electron chi connectivity index (χ2n) is 3.43. The maximum Gasteiger partial charge on any atom is 0.159 e. The first-order chi connectivity index (χ1) is 8.15. The Balaban J connectivity index is 2.67. The number of aromatic nitrogens is 1. The summed E-state index contributed by atoms with van der Waals surface area (Å²) in [4.78, 5) is 4.01. The molecule has 2 rings (SSSR count). The summed E-state index contributed by atoms with van der Waals surface area (Å²) in [6.07, 6.45) is 0. The molecule has 0 aliphatic rings. The second kappa shape index (κ2) is 4.59. The van der Waals surface area contributed by atoms with Crippen LogP contribution in [0.2, 0.25) is 5.15 Å². The van der Waals surface area contributed by atoms with Gasteiger partial charge in [-0.25, -0.2) is 9.37 Å². The van der Waals surface area contributed by atoms with Crippen molar-refractivity contribution in [1.82, 2.24) is 10.3 Å². The molecule has 2 aromatic rings. The highest BCUT2D eigenvalue weighted by Crippen LogP contribution is 2.33. The molecular weight excluding hydrogens is 243 g/mol. The third kappa shape index (κ3) is 2.03. The van der Waals surface area contributed by atoms with Crippen molar-refractivity contribution in [3.05, 3.63) is 41.7 Å². The smallest absolute Gasteiger partial charge is 0.159 e. The first-order valence-corrected chi connectivity index (χ1v) is 5.29. The molecule has 0 saturated heterocycles. The molecule has 0 spiro atoms. The maximum absolute atomic E-state index is 12.2. The van der Waals surface area contributed by atoms with Crippen LogP contribution >= 0.6 is 11.6 Å². The summed E-state index contributed by atoms with van der Waals surface area (Å²) < 4.78 is 12.2. The molecule has 5 heteroatoms. The normalized spacial score (nSPS) is 10.5. The zero-order valence-electron chi connectivity index (χ0n) is 8.87. The number of halogens is 2. The highest BCUT2D eigenvalue weighted by molar-refractivity contribution is 6.34. The Morgan fingerprint density at radius 2 is 2.06 bits per heavy atom. The number of aromatic hydroxyl groups is 1. The highest BCUT2D eigenvalue weighted by atomic mass is 35.5. The predicted octanol–water partition coefficient (Wildman–Crippen LogP) is 3.08. The number of fused-ring (bicyclic) bond motifs is 1. The Morgan fingerprint density at radius 1 is 1.41 bits per heavy atom. The monoisotopic (exact) mass is 252 g/mol. The van der Waals surface area contributed by atoms with Gasteiger partial charge in [-0.2, -0.15) is 0 Å². The topological polar surface area (TPSA) is 45.2 Å². The minimum absolute atomic E-state index is 0.0593. The van der Waals surface area contributed by atoms with Gasteiger partial charge in [-0.15, -0.1) is 0 Å². The molecule has 88 valence electrons. The molecule has 0 radical (unpaired) electrons. The molecule has 0 bridgehead atoms. The molecule has 17 heavy (non-hydrogen) atoms. The molecule has 1 aromatic heterocycles. The number of alkyl halides is 1. The SMILES string of the molecule is C=C(NCF)c1nc(Cl)c2ccccc2c1O. The fourth-order valence-corrected chi connectivity index (χ4v) is 1.83. The fourth-order valence-electron chi connectivity index (χ4n) is 1.58. The van der Waals surface area contributed by atoms with E-state index in [-0.39, 0.29) is 22.3 Å². The van der Waals surface area contributed by atoms with Crippen molar-refractivity contribution < 1.29 is 9.50 Å². The molecule has 3 nitrogen and oxygen atoms in total. The minimum atomic E-state index is -0.787. The van der Waals surface area contributed by atoms with Gasteiger partial charge in [0.1, 0.15) is 10.8 Å². The van der Waals surface area contributed by atoms with E-state index in [4.69, 9.17) is 11.6 Å². The van der Waals surface area contributed by atoms with E-state index in [1.807, 2.05) is 0 Å². The van der Waals surface area contributed by atoms with Gasteiger partial charge in [0.15, 0.2) is 12.5 Å². The largest absolute Gasteiger partial charge is 0.505 e. The van der Waals surface area contributed by atoms with Gasteiger partial charge >= 0.3 is 0 Å². The van der Waals surface area contributed by atoms with Crippen molar-refractivity contribution >= 4 is 28.1 Å². The lowest BCUT2D eigenvalue weighted by atomic mass is 10.1. The van der Waals surface area contributed by atoms with Gasteiger partial charge in [0.2, 0.25) is 0 Å². The Kier molecular flexibility index (Phi) is 3.15. The highest BCUT2D eigenvalue weighted by Gasteiger charge is 2.13. The average molecular weight is 253 g/mol. The first-order valence-electron chi connectivity index (χ1n) is 4.91. The lowest BCUT2D eigenvalue weighted by molar-refractivity contribution is 0.463. The third-order valence-electron chi connectivity index (χ3n) is 2.40. The van der Waals surface area contributed by atoms with Crippen LogP contribution in [0.1, 0.15) is 5.69 Å². The van der Waals surface area contributed by atoms with Crippen molar-refractivity contribution in [2.75, 3.05) is 6.80 Å². The number of nitrogens with one attached hydrogen (secondary N) is 1. The third-order valence-corrected chi connectivity index (χ3v) is 2.69. The summed E-state index contributed by atoms with van der Waals surface area (Å²) >= 11 is 5.99. The van der Waals surface area contributed by atoms with Crippen molar-refractivity contribution in [2.24, 2.45) is 0 Å². The van der Waals surface area contributed by atoms with E-state index in [0.29, 0.717) is 10.8 Å². The molecule has 0 unspecified atom stereocenters. The number of pyridine rings is 1. The van der Waals surface area contributed by atoms with Crippen molar-refractivity contribution in [2.45, 2.75) is 0 Å². The quantitative estimate of drug-likeness (QED) is 0.652. The van der Waals surface area contributed by atoms with E-state index in [0.717, 1.165) is 0 Å². The summed E-state index contributed by atoms with van der Waals surface area (Å²) in [5.41, 5.74) is 0.351. The molecule has 0 aliphatic carbocycles. The van der Waals surface area contributed by atoms with Crippen molar-refractivity contribution in [1.29, 1.82) is 0 Å². The van der Waals surface area contributed by atoms with Gasteiger partial charge in [-0.3, -0.25) is 0 Å². The molecule has 0 fully saturated rings. The summed E-state index contributed by atoms with van der Waals surface area (Å²) in [6.45, 7) is 2.80. The summed E-state index contributed by atoms with van der Waals surface area (Å²) in [5.74, 6) is -0.0593. The molecule has 1 aromatic carbocycles. The lowest BCUT2D eigenvalue weighted by Gasteiger charge is -2.10. The maximum atomic E-state index is 12.2. The van der Waals surface area contributed by atoms with Gasteiger partial charge in [0.05, 0.1) is 5.70 Å². The fraction of sp³-hybridized carbons (Fsp3) is 0.0833. The Morgan fingerprint density at radius 3 is 2.71 bits per heavy atom. The van der Waals surface area contributed by atoms with E-state index in [2.05, 4.69) is 16.9 Å². The van der Waals surface area contributed by atoms with E-state index in [1.54, 1.807) is 24.3 Å². The zero-order chi connectivity index (χ0) is 12.4. The predicted molar refractivity (Wildman–Crippen MR) is 66.6 cm³/mol. The average Bonchev–Trinajstić information content (AvgIpc) is 2.34. The Bertz CT molecular complexity index is 586. The molecule has 0 amide bonds. The van der Waals surface area contributed by atoms with E-state index in [9.17, 15) is 9.50 Å². The number of benzene rings is 1. The van der Waals surface area contributed by atoms with Gasteiger partial charge in [-0.1, -0.05) is 42.4 Å². The number of hydrogen-bond donors (Lipinski definition) is 2. The van der Waals surface area contributed by atoms with Crippen LogP contribution in [0, 0.1) is 0 Å². The number of rotatable bonds is 3. The van der Waals surface area contributed by atoms with Crippen LogP contribution in [-0.4, -0.2) is 16.9 Å². The van der Waals surface area contributed by atoms with Crippen molar-refractivity contribution in [3.63, 3.8) is 0 Å². The summed E-state index contributed by atoms with van der Waals surface area (Å²) in [6, 6.07) is 7.03. The standard InChI is InChI=1S/C12H10ClFN2O/c1-7(15-6-14)10-11(17)8-4-2-3-5-9(8)12(13)16-10/h2-5,15,17H,1,6H2. The molecule has 0 atom stereocenters. The van der Waals surface area contributed by atoms with Crippen molar-refractivity contribution in [3.8, 4) is 5.75 Å². The van der Waals surface area contributed by atoms with Crippen LogP contribution in [0.3, 0.4) is 0 Å². The lowest BCUT2D eigenvalue weighted by Crippen LogP contribution is -2.10. The van der Waals surface area contributed by atoms with Crippen LogP contribution in [0.5, 0.6) is 5.75 Å². The van der Waals surface area contributed by atoms with Gasteiger partial charge in [0, 0.05) is 10.8 Å². The number of nitrogens with zero attached hydrogens (tertiary/aromatic N) is 1. The molecule has 2 N–H and O–H groups in total. The van der Waals surface area contributed by atoms with E-state index in [1.165, 1.54) is 0 Å². The van der Waals surface area contributed by atoms with E-state index < -0.39 is 6.80 Å². The number of hydrogen-bond acceptors (Lipinski definition) is 3. The molecule has 0 saturated carbocycles. The van der Waals surface area contributed by atoms with Gasteiger partial charge in [-0.05, 0) is 0 Å². The minimum Gasteiger partial charge on any atom is -0.505 e. The second-order valence-corrected chi connectivity index (χ2v) is 3.79. The van der Waals surface area contributed by atoms with E-state index >= 15 is 0 Å². The summed E-state index contributed by atoms with van der Waals surface area (Å²) in [7, 11) is 0.